The number of anilines is 3. The number of nitrogens with zero attached hydrogens (tertiary/aromatic N) is 2. The molecule has 1 spiro atoms. The van der Waals surface area contributed by atoms with Gasteiger partial charge in [0.1, 0.15) is 5.75 Å². The summed E-state index contributed by atoms with van der Waals surface area (Å²) in [6.07, 6.45) is 4.72. The van der Waals surface area contributed by atoms with E-state index < -0.39 is 13.7 Å². The minimum Gasteiger partial charge on any atom is -0.497 e. The van der Waals surface area contributed by atoms with E-state index in [1.54, 1.807) is 12.0 Å². The van der Waals surface area contributed by atoms with Gasteiger partial charge in [0.2, 0.25) is 5.91 Å². The zero-order chi connectivity index (χ0) is 31.1. The van der Waals surface area contributed by atoms with Crippen LogP contribution in [0.4, 0.5) is 17.1 Å². The highest BCUT2D eigenvalue weighted by molar-refractivity contribution is 6.91. The molecule has 0 radical (unpaired) electrons. The van der Waals surface area contributed by atoms with E-state index in [2.05, 4.69) is 32.2 Å². The first-order valence-corrected chi connectivity index (χ1v) is 19.1. The van der Waals surface area contributed by atoms with Gasteiger partial charge in [0.05, 0.1) is 27.0 Å². The molecule has 0 saturated carbocycles. The third-order valence-corrected chi connectivity index (χ3v) is 14.6. The van der Waals surface area contributed by atoms with Crippen LogP contribution in [-0.2, 0) is 19.9 Å². The predicted octanol–water partition coefficient (Wildman–Crippen LogP) is 6.27. The Bertz CT molecular complexity index is 1510. The fourth-order valence-electron chi connectivity index (χ4n) is 8.06. The summed E-state index contributed by atoms with van der Waals surface area (Å²) in [5.41, 5.74) is 2.02. The number of rotatable bonds is 7. The van der Waals surface area contributed by atoms with Gasteiger partial charge < -0.3 is 19.5 Å². The van der Waals surface area contributed by atoms with Gasteiger partial charge in [-0.2, -0.15) is 0 Å². The first-order valence-electron chi connectivity index (χ1n) is 16.0. The van der Waals surface area contributed by atoms with Gasteiger partial charge in [-0.25, -0.2) is 0 Å². The lowest BCUT2D eigenvalue weighted by Gasteiger charge is -2.37. The lowest BCUT2D eigenvalue weighted by molar-refractivity contribution is -0.145. The molecular weight excluding hydrogens is 568 g/mol. The Morgan fingerprint density at radius 3 is 2.39 bits per heavy atom. The first-order chi connectivity index (χ1) is 21.2. The lowest BCUT2D eigenvalue weighted by Crippen LogP contribution is -2.51. The van der Waals surface area contributed by atoms with Gasteiger partial charge in [0.25, 0.3) is 5.91 Å². The molecular formula is C36H44N2O5Si. The number of amides is 2. The molecule has 1 N–H and O–H groups in total. The molecule has 3 heterocycles. The van der Waals surface area contributed by atoms with Gasteiger partial charge in [-0.3, -0.25) is 14.5 Å². The molecule has 44 heavy (non-hydrogen) atoms. The second kappa shape index (κ2) is 12.1. The van der Waals surface area contributed by atoms with E-state index in [-0.39, 0.29) is 36.0 Å². The number of ether oxygens (including phenoxy) is 2. The molecule has 0 bridgehead atoms. The number of carbonyl (C=O) groups is 2. The number of benzene rings is 3. The van der Waals surface area contributed by atoms with Crippen molar-refractivity contribution in [2.75, 3.05) is 30.1 Å². The second-order valence-electron chi connectivity index (χ2n) is 13.1. The van der Waals surface area contributed by atoms with E-state index in [0.717, 1.165) is 54.1 Å². The zero-order valence-electron chi connectivity index (χ0n) is 26.3. The third kappa shape index (κ3) is 4.97. The molecule has 3 aliphatic heterocycles. The smallest absolute Gasteiger partial charge is 0.268 e. The van der Waals surface area contributed by atoms with Crippen LogP contribution in [-0.4, -0.2) is 51.4 Å². The number of hydrogen-bond acceptors (Lipinski definition) is 5. The van der Waals surface area contributed by atoms with Crippen LogP contribution >= 0.6 is 0 Å². The molecule has 3 aliphatic rings. The monoisotopic (exact) mass is 612 g/mol. The van der Waals surface area contributed by atoms with E-state index in [1.807, 2.05) is 65.6 Å². The summed E-state index contributed by atoms with van der Waals surface area (Å²) in [7, 11) is -0.618. The maximum absolute atomic E-state index is 14.9. The minimum absolute atomic E-state index is 0.0250. The number of hydrogen-bond donors (Lipinski definition) is 1. The van der Waals surface area contributed by atoms with Gasteiger partial charge in [-0.15, -0.1) is 0 Å². The Kier molecular flexibility index (Phi) is 8.43. The molecule has 0 aromatic heterocycles. The molecule has 232 valence electrons. The largest absolute Gasteiger partial charge is 0.497 e. The second-order valence-corrected chi connectivity index (χ2v) is 17.7. The molecule has 3 aromatic carbocycles. The third-order valence-electron chi connectivity index (χ3n) is 10.3. The van der Waals surface area contributed by atoms with Crippen LogP contribution in [0.5, 0.6) is 5.75 Å². The summed E-state index contributed by atoms with van der Waals surface area (Å²) in [6.45, 7) is 7.48. The van der Waals surface area contributed by atoms with Gasteiger partial charge in [0.15, 0.2) is 5.60 Å². The lowest BCUT2D eigenvalue weighted by atomic mass is 9.82. The average Bonchev–Trinajstić information content (AvgIpc) is 3.46. The van der Waals surface area contributed by atoms with Crippen molar-refractivity contribution in [3.63, 3.8) is 0 Å². The number of fused-ring (bicyclic) bond motifs is 2. The zero-order valence-corrected chi connectivity index (χ0v) is 27.3. The highest BCUT2D eigenvalue weighted by Crippen LogP contribution is 2.61. The molecule has 0 unspecified atom stereocenters. The van der Waals surface area contributed by atoms with Crippen LogP contribution in [0, 0.1) is 5.92 Å². The maximum Gasteiger partial charge on any atom is 0.268 e. The van der Waals surface area contributed by atoms with Crippen molar-refractivity contribution >= 4 is 42.1 Å². The topological polar surface area (TPSA) is 79.3 Å². The summed E-state index contributed by atoms with van der Waals surface area (Å²) in [5, 5.41) is 11.5. The van der Waals surface area contributed by atoms with Crippen molar-refractivity contribution in [3.8, 4) is 5.75 Å². The highest BCUT2D eigenvalue weighted by atomic mass is 28.3. The van der Waals surface area contributed by atoms with E-state index in [9.17, 15) is 14.7 Å². The summed E-state index contributed by atoms with van der Waals surface area (Å²) in [6, 6.07) is 24.1. The maximum atomic E-state index is 14.9. The van der Waals surface area contributed by atoms with Crippen LogP contribution in [0.3, 0.4) is 0 Å². The van der Waals surface area contributed by atoms with E-state index in [4.69, 9.17) is 9.47 Å². The Balaban J connectivity index is 1.50. The number of methoxy groups -OCH3 is 1. The molecule has 2 amide bonds. The van der Waals surface area contributed by atoms with E-state index in [0.29, 0.717) is 19.4 Å². The Hall–Kier alpha value is -3.46. The van der Waals surface area contributed by atoms with E-state index in [1.165, 1.54) is 5.19 Å². The highest BCUT2D eigenvalue weighted by Gasteiger charge is 2.66. The fraction of sp³-hybridized carbons (Fsp3) is 0.444. The number of carbonyl (C=O) groups excluding carboxylic acids is 2. The van der Waals surface area contributed by atoms with Crippen LogP contribution in [0.2, 0.25) is 18.6 Å². The summed E-state index contributed by atoms with van der Waals surface area (Å²) < 4.78 is 12.5. The number of aliphatic hydroxyl groups is 1. The van der Waals surface area contributed by atoms with Crippen molar-refractivity contribution in [1.29, 1.82) is 0 Å². The molecule has 3 aromatic rings. The molecule has 2 fully saturated rings. The SMILES string of the molecule is COc1ccc([Si](C)(C)[C@@H]2[C@@H](CCO)O[C@]3(C(=O)N(c4ccccc4)c4ccc(N5CCCCCCC5=O)cc43)[C@H]2C)cc1. The van der Waals surface area contributed by atoms with Gasteiger partial charge >= 0.3 is 0 Å². The standard InChI is InChI=1S/C36H44N2O5Si/c1-25-34(44(3,4)29-18-16-28(42-2)17-19-29)32(21-23-39)43-36(25)30-24-27(37-22-11-6-5-10-14-33(37)40)15-20-31(30)38(35(36)41)26-12-8-7-9-13-26/h7-9,12-13,15-20,24-25,32,34,39H,5-6,10-11,14,21-23H2,1-4H3/t25-,32+,34-,36+/m0/s1. The molecule has 4 atom stereocenters. The summed E-state index contributed by atoms with van der Waals surface area (Å²) in [5.74, 6) is 0.656. The number of para-hydroxylation sites is 1. The van der Waals surface area contributed by atoms with Crippen molar-refractivity contribution < 1.29 is 24.2 Å². The summed E-state index contributed by atoms with van der Waals surface area (Å²) in [4.78, 5) is 32.0. The van der Waals surface area contributed by atoms with Crippen molar-refractivity contribution in [3.05, 3.63) is 78.4 Å². The quantitative estimate of drug-likeness (QED) is 0.318. The van der Waals surface area contributed by atoms with Crippen molar-refractivity contribution in [2.45, 2.75) is 75.8 Å². The molecule has 8 heteroatoms. The first kappa shape index (κ1) is 30.6. The fourth-order valence-corrected chi connectivity index (χ4v) is 12.1. The van der Waals surface area contributed by atoms with Gasteiger partial charge in [-0.1, -0.05) is 68.4 Å². The minimum atomic E-state index is -2.29. The Morgan fingerprint density at radius 2 is 1.68 bits per heavy atom. The predicted molar refractivity (Wildman–Crippen MR) is 177 cm³/mol. The molecule has 0 aliphatic carbocycles. The van der Waals surface area contributed by atoms with Crippen LogP contribution < -0.4 is 19.7 Å². The Morgan fingerprint density at radius 1 is 0.955 bits per heavy atom. The normalized spacial score (nSPS) is 25.7. The number of aliphatic hydroxyl groups excluding tert-OH is 1. The van der Waals surface area contributed by atoms with Gasteiger partial charge in [0, 0.05) is 42.4 Å². The van der Waals surface area contributed by atoms with Crippen LogP contribution in [0.15, 0.2) is 72.8 Å². The van der Waals surface area contributed by atoms with Crippen LogP contribution in [0.1, 0.15) is 51.0 Å². The molecule has 2 saturated heterocycles. The van der Waals surface area contributed by atoms with Crippen molar-refractivity contribution in [1.82, 2.24) is 0 Å². The van der Waals surface area contributed by atoms with Crippen molar-refractivity contribution in [2.24, 2.45) is 5.92 Å². The Labute approximate surface area is 261 Å². The summed E-state index contributed by atoms with van der Waals surface area (Å²) >= 11 is 0. The van der Waals surface area contributed by atoms with Crippen LogP contribution in [0.25, 0.3) is 0 Å². The van der Waals surface area contributed by atoms with Gasteiger partial charge in [-0.05, 0) is 67.3 Å². The average molecular weight is 613 g/mol. The molecule has 7 nitrogen and oxygen atoms in total. The molecule has 6 rings (SSSR count). The van der Waals surface area contributed by atoms with E-state index >= 15 is 0 Å².